The predicted octanol–water partition coefficient (Wildman–Crippen LogP) is 4.56. The molecular formula is C29H31N3O4. The van der Waals surface area contributed by atoms with E-state index in [1.807, 2.05) is 67.6 Å². The molecule has 2 unspecified atom stereocenters. The average Bonchev–Trinajstić information content (AvgIpc) is 2.88. The first-order chi connectivity index (χ1) is 17.4. The van der Waals surface area contributed by atoms with Gasteiger partial charge >= 0.3 is 0 Å². The maximum absolute atomic E-state index is 13.8. The number of methoxy groups -OCH3 is 1. The van der Waals surface area contributed by atoms with E-state index in [9.17, 15) is 14.4 Å². The van der Waals surface area contributed by atoms with E-state index in [-0.39, 0.29) is 24.1 Å². The van der Waals surface area contributed by atoms with Crippen LogP contribution >= 0.6 is 0 Å². The van der Waals surface area contributed by atoms with E-state index < -0.39 is 12.1 Å². The highest BCUT2D eigenvalue weighted by Gasteiger charge is 2.36. The predicted molar refractivity (Wildman–Crippen MR) is 140 cm³/mol. The molecular weight excluding hydrogens is 454 g/mol. The number of nitrogens with one attached hydrogen (secondary N) is 2. The van der Waals surface area contributed by atoms with E-state index in [1.54, 1.807) is 24.1 Å². The van der Waals surface area contributed by atoms with Crippen molar-refractivity contribution in [3.8, 4) is 5.75 Å². The second kappa shape index (κ2) is 11.1. The Morgan fingerprint density at radius 1 is 1.00 bits per heavy atom. The molecule has 0 aliphatic carbocycles. The van der Waals surface area contributed by atoms with Gasteiger partial charge in [-0.3, -0.25) is 19.3 Å². The van der Waals surface area contributed by atoms with Gasteiger partial charge in [-0.15, -0.1) is 0 Å². The molecule has 3 amide bonds. The Labute approximate surface area is 211 Å². The van der Waals surface area contributed by atoms with Crippen molar-refractivity contribution in [1.82, 2.24) is 5.32 Å². The summed E-state index contributed by atoms with van der Waals surface area (Å²) in [5.41, 5.74) is 4.32. The van der Waals surface area contributed by atoms with Gasteiger partial charge in [0.1, 0.15) is 11.8 Å². The Balaban J connectivity index is 1.62. The smallest absolute Gasteiger partial charge is 0.247 e. The Morgan fingerprint density at radius 3 is 2.36 bits per heavy atom. The fourth-order valence-corrected chi connectivity index (χ4v) is 4.57. The molecule has 1 aliphatic rings. The third-order valence-corrected chi connectivity index (χ3v) is 6.41. The third-order valence-electron chi connectivity index (χ3n) is 6.41. The lowest BCUT2D eigenvalue weighted by molar-refractivity contribution is -0.125. The van der Waals surface area contributed by atoms with E-state index in [0.717, 1.165) is 22.4 Å². The number of benzene rings is 3. The van der Waals surface area contributed by atoms with Gasteiger partial charge in [-0.05, 0) is 61.2 Å². The molecule has 0 saturated carbocycles. The molecule has 2 atom stereocenters. The van der Waals surface area contributed by atoms with Crippen molar-refractivity contribution < 1.29 is 19.1 Å². The molecule has 0 radical (unpaired) electrons. The van der Waals surface area contributed by atoms with Gasteiger partial charge < -0.3 is 15.4 Å². The van der Waals surface area contributed by atoms with Gasteiger partial charge in [0.15, 0.2) is 0 Å². The Hall–Kier alpha value is -4.13. The fraction of sp³-hybridized carbons (Fsp3) is 0.276. The van der Waals surface area contributed by atoms with Crippen molar-refractivity contribution in [3.63, 3.8) is 0 Å². The molecule has 7 heteroatoms. The number of fused-ring (bicyclic) bond motifs is 1. The summed E-state index contributed by atoms with van der Waals surface area (Å²) < 4.78 is 5.23. The highest BCUT2D eigenvalue weighted by molar-refractivity contribution is 6.06. The number of para-hydroxylation sites is 1. The summed E-state index contributed by atoms with van der Waals surface area (Å²) in [5.74, 6) is -0.0243. The third kappa shape index (κ3) is 5.74. The van der Waals surface area contributed by atoms with Crippen LogP contribution < -0.4 is 20.3 Å². The number of hydrogen-bond acceptors (Lipinski definition) is 4. The van der Waals surface area contributed by atoms with Crippen molar-refractivity contribution >= 4 is 29.1 Å². The first-order valence-electron chi connectivity index (χ1n) is 12.0. The summed E-state index contributed by atoms with van der Waals surface area (Å²) in [6.07, 6.45) is 1.21. The van der Waals surface area contributed by atoms with Crippen molar-refractivity contribution in [3.05, 3.63) is 89.5 Å². The number of carbonyl (C=O) groups excluding carboxylic acids is 3. The molecule has 186 valence electrons. The maximum Gasteiger partial charge on any atom is 0.247 e. The lowest BCUT2D eigenvalue weighted by atomic mass is 9.93. The average molecular weight is 486 g/mol. The number of aryl methyl sites for hydroxylation is 2. The zero-order chi connectivity index (χ0) is 25.7. The zero-order valence-electron chi connectivity index (χ0n) is 20.8. The summed E-state index contributed by atoms with van der Waals surface area (Å²) in [4.78, 5) is 40.8. The van der Waals surface area contributed by atoms with Gasteiger partial charge in [0.05, 0.1) is 19.6 Å². The SMILES string of the molecule is COc1ccc(C(CC(=O)N2c3ccccc3CCC2C(=O)Nc2ccc(C)cc2)NC(C)=O)cc1. The number of amides is 3. The first kappa shape index (κ1) is 25.0. The molecule has 1 aliphatic heterocycles. The van der Waals surface area contributed by atoms with E-state index in [0.29, 0.717) is 24.3 Å². The van der Waals surface area contributed by atoms with Crippen LogP contribution in [0.5, 0.6) is 5.75 Å². The molecule has 0 fully saturated rings. The van der Waals surface area contributed by atoms with Crippen molar-refractivity contribution in [2.45, 2.75) is 45.2 Å². The number of rotatable bonds is 7. The molecule has 0 spiro atoms. The Bertz CT molecular complexity index is 1240. The van der Waals surface area contributed by atoms with Gasteiger partial charge in [-0.25, -0.2) is 0 Å². The Kier molecular flexibility index (Phi) is 7.68. The monoisotopic (exact) mass is 485 g/mol. The minimum Gasteiger partial charge on any atom is -0.497 e. The molecule has 3 aromatic carbocycles. The van der Waals surface area contributed by atoms with Crippen LogP contribution in [0.15, 0.2) is 72.8 Å². The van der Waals surface area contributed by atoms with Gasteiger partial charge in [-0.1, -0.05) is 48.0 Å². The van der Waals surface area contributed by atoms with Crippen LogP contribution in [0, 0.1) is 6.92 Å². The topological polar surface area (TPSA) is 87.7 Å². The molecule has 1 heterocycles. The van der Waals surface area contributed by atoms with Crippen LogP contribution in [0.2, 0.25) is 0 Å². The standard InChI is InChI=1S/C29H31N3O4/c1-19-8-13-23(14-9-19)31-29(35)27-17-12-22-6-4-5-7-26(22)32(27)28(34)18-25(30-20(2)33)21-10-15-24(36-3)16-11-21/h4-11,13-16,25,27H,12,17-18H2,1-3H3,(H,30,33)(H,31,35). The number of hydrogen-bond donors (Lipinski definition) is 2. The molecule has 0 aromatic heterocycles. The van der Waals surface area contributed by atoms with E-state index in [2.05, 4.69) is 10.6 Å². The largest absolute Gasteiger partial charge is 0.497 e. The second-order valence-electron chi connectivity index (χ2n) is 9.03. The Morgan fingerprint density at radius 2 is 1.69 bits per heavy atom. The van der Waals surface area contributed by atoms with Crippen molar-refractivity contribution in [2.75, 3.05) is 17.3 Å². The summed E-state index contributed by atoms with van der Waals surface area (Å²) >= 11 is 0. The normalized spacial score (nSPS) is 15.4. The highest BCUT2D eigenvalue weighted by Crippen LogP contribution is 2.33. The molecule has 0 bridgehead atoms. The summed E-state index contributed by atoms with van der Waals surface area (Å²) in [5, 5.41) is 5.86. The number of anilines is 2. The minimum atomic E-state index is -0.664. The van der Waals surface area contributed by atoms with Crippen LogP contribution in [-0.4, -0.2) is 30.9 Å². The van der Waals surface area contributed by atoms with E-state index >= 15 is 0 Å². The van der Waals surface area contributed by atoms with Gasteiger partial charge in [0, 0.05) is 18.3 Å². The lowest BCUT2D eigenvalue weighted by Gasteiger charge is -2.37. The lowest BCUT2D eigenvalue weighted by Crippen LogP contribution is -2.51. The molecule has 4 rings (SSSR count). The van der Waals surface area contributed by atoms with Gasteiger partial charge in [0.25, 0.3) is 0 Å². The number of carbonyl (C=O) groups is 3. The maximum atomic E-state index is 13.8. The summed E-state index contributed by atoms with van der Waals surface area (Å²) in [6, 6.07) is 21.3. The van der Waals surface area contributed by atoms with Crippen LogP contribution in [0.3, 0.4) is 0 Å². The first-order valence-corrected chi connectivity index (χ1v) is 12.0. The summed E-state index contributed by atoms with van der Waals surface area (Å²) in [6.45, 7) is 3.41. The molecule has 7 nitrogen and oxygen atoms in total. The molecule has 0 saturated heterocycles. The molecule has 2 N–H and O–H groups in total. The number of nitrogens with zero attached hydrogens (tertiary/aromatic N) is 1. The van der Waals surface area contributed by atoms with Crippen LogP contribution in [-0.2, 0) is 20.8 Å². The minimum absolute atomic E-state index is 0.00849. The quantitative estimate of drug-likeness (QED) is 0.514. The second-order valence-corrected chi connectivity index (χ2v) is 9.03. The van der Waals surface area contributed by atoms with Crippen LogP contribution in [0.4, 0.5) is 11.4 Å². The highest BCUT2D eigenvalue weighted by atomic mass is 16.5. The zero-order valence-corrected chi connectivity index (χ0v) is 20.8. The van der Waals surface area contributed by atoms with Crippen molar-refractivity contribution in [1.29, 1.82) is 0 Å². The van der Waals surface area contributed by atoms with E-state index in [1.165, 1.54) is 6.92 Å². The van der Waals surface area contributed by atoms with Crippen molar-refractivity contribution in [2.24, 2.45) is 0 Å². The number of ether oxygens (including phenoxy) is 1. The summed E-state index contributed by atoms with van der Waals surface area (Å²) in [7, 11) is 1.58. The molecule has 36 heavy (non-hydrogen) atoms. The molecule has 3 aromatic rings. The van der Waals surface area contributed by atoms with Gasteiger partial charge in [-0.2, -0.15) is 0 Å². The van der Waals surface area contributed by atoms with E-state index in [4.69, 9.17) is 4.74 Å². The fourth-order valence-electron chi connectivity index (χ4n) is 4.57. The van der Waals surface area contributed by atoms with Crippen LogP contribution in [0.1, 0.15) is 42.5 Å². The van der Waals surface area contributed by atoms with Gasteiger partial charge in [0.2, 0.25) is 17.7 Å². The van der Waals surface area contributed by atoms with Crippen LogP contribution in [0.25, 0.3) is 0 Å².